The second-order valence-corrected chi connectivity index (χ2v) is 6.91. The molecule has 8 heteroatoms. The Kier molecular flexibility index (Phi) is 20.2. The smallest absolute Gasteiger partial charge is 0.0443 e. The van der Waals surface area contributed by atoms with Crippen LogP contribution < -0.4 is 0 Å². The van der Waals surface area contributed by atoms with Gasteiger partial charge in [0, 0.05) is 91.9 Å². The van der Waals surface area contributed by atoms with E-state index in [9.17, 15) is 5.11 Å². The van der Waals surface area contributed by atoms with Crippen molar-refractivity contribution in [1.82, 2.24) is 14.7 Å². The van der Waals surface area contributed by atoms with Gasteiger partial charge in [0.05, 0.1) is 0 Å². The van der Waals surface area contributed by atoms with Crippen LogP contribution >= 0.6 is 0 Å². The second kappa shape index (κ2) is 20.4. The fraction of sp³-hybridized carbons (Fsp3) is 1.00. The van der Waals surface area contributed by atoms with Crippen molar-refractivity contribution in [2.24, 2.45) is 0 Å². The van der Waals surface area contributed by atoms with E-state index in [-0.39, 0.29) is 33.0 Å². The summed E-state index contributed by atoms with van der Waals surface area (Å²) in [7, 11) is 0. The normalized spacial score (nSPS) is 12.0. The molecule has 0 aliphatic rings. The van der Waals surface area contributed by atoms with Crippen molar-refractivity contribution in [3.63, 3.8) is 0 Å². The Labute approximate surface area is 165 Å². The number of hydrogen-bond donors (Lipinski definition) is 5. The lowest BCUT2D eigenvalue weighted by atomic mass is 10.3. The third-order valence-electron chi connectivity index (χ3n) is 4.63. The summed E-state index contributed by atoms with van der Waals surface area (Å²) < 4.78 is 0. The van der Waals surface area contributed by atoms with Crippen LogP contribution in [0.25, 0.3) is 0 Å². The summed E-state index contributed by atoms with van der Waals surface area (Å²) in [6, 6.07) is 0. The van der Waals surface area contributed by atoms with Crippen molar-refractivity contribution < 1.29 is 25.5 Å². The summed E-state index contributed by atoms with van der Waals surface area (Å²) >= 11 is 0. The van der Waals surface area contributed by atoms with Crippen LogP contribution in [0.3, 0.4) is 0 Å². The average Bonchev–Trinajstić information content (AvgIpc) is 2.69. The molecular weight excluding hydrogens is 350 g/mol. The van der Waals surface area contributed by atoms with Crippen molar-refractivity contribution in [1.29, 1.82) is 0 Å². The summed E-state index contributed by atoms with van der Waals surface area (Å²) in [6.45, 7) is 8.50. The van der Waals surface area contributed by atoms with E-state index in [4.69, 9.17) is 20.4 Å². The van der Waals surface area contributed by atoms with Gasteiger partial charge in [-0.3, -0.25) is 0 Å². The van der Waals surface area contributed by atoms with Crippen LogP contribution in [-0.4, -0.2) is 132 Å². The first kappa shape index (κ1) is 26.7. The predicted octanol–water partition coefficient (Wildman–Crippen LogP) is -1.20. The number of rotatable bonds is 21. The summed E-state index contributed by atoms with van der Waals surface area (Å²) in [6.07, 6.45) is 3.67. The molecule has 0 aromatic heterocycles. The van der Waals surface area contributed by atoms with Crippen LogP contribution in [0.2, 0.25) is 0 Å². The molecule has 5 N–H and O–H groups in total. The highest BCUT2D eigenvalue weighted by atomic mass is 16.3. The van der Waals surface area contributed by atoms with Crippen LogP contribution in [0.15, 0.2) is 0 Å². The first-order valence-corrected chi connectivity index (χ1v) is 10.4. The molecule has 0 aromatic carbocycles. The van der Waals surface area contributed by atoms with Gasteiger partial charge in [0.15, 0.2) is 0 Å². The van der Waals surface area contributed by atoms with Gasteiger partial charge in [-0.2, -0.15) is 0 Å². The molecule has 0 atom stereocenters. The van der Waals surface area contributed by atoms with E-state index in [1.807, 2.05) is 0 Å². The Morgan fingerprint density at radius 1 is 0.296 bits per heavy atom. The highest BCUT2D eigenvalue weighted by molar-refractivity contribution is 4.67. The minimum absolute atomic E-state index is 0.175. The maximum Gasteiger partial charge on any atom is 0.0443 e. The van der Waals surface area contributed by atoms with Crippen LogP contribution in [-0.2, 0) is 0 Å². The zero-order chi connectivity index (χ0) is 20.2. The molecule has 0 saturated carbocycles. The summed E-state index contributed by atoms with van der Waals surface area (Å²) in [5.74, 6) is 0. The van der Waals surface area contributed by atoms with Gasteiger partial charge in [-0.05, 0) is 32.1 Å². The van der Waals surface area contributed by atoms with Crippen LogP contribution in [0, 0.1) is 0 Å². The number of aliphatic hydroxyl groups is 5. The van der Waals surface area contributed by atoms with Gasteiger partial charge in [0.25, 0.3) is 0 Å². The average molecular weight is 394 g/mol. The molecular formula is C19H43N3O5. The second-order valence-electron chi connectivity index (χ2n) is 6.91. The number of aliphatic hydroxyl groups excluding tert-OH is 5. The SMILES string of the molecule is OCCCN(CCCO)CCN(CCCO)CCN(CCCO)CCCO. The third kappa shape index (κ3) is 16.3. The first-order chi connectivity index (χ1) is 13.2. The molecule has 0 rings (SSSR count). The zero-order valence-corrected chi connectivity index (χ0v) is 17.0. The van der Waals surface area contributed by atoms with Crippen molar-refractivity contribution in [3.05, 3.63) is 0 Å². The number of hydrogen-bond acceptors (Lipinski definition) is 8. The molecule has 27 heavy (non-hydrogen) atoms. The van der Waals surface area contributed by atoms with Gasteiger partial charge in [-0.1, -0.05) is 0 Å². The molecule has 0 unspecified atom stereocenters. The third-order valence-corrected chi connectivity index (χ3v) is 4.63. The Bertz CT molecular complexity index is 261. The van der Waals surface area contributed by atoms with E-state index in [1.54, 1.807) is 0 Å². The Balaban J connectivity index is 4.49. The molecule has 0 amide bonds. The number of nitrogens with zero attached hydrogens (tertiary/aromatic N) is 3. The Morgan fingerprint density at radius 2 is 0.481 bits per heavy atom. The van der Waals surface area contributed by atoms with E-state index in [0.717, 1.165) is 91.0 Å². The van der Waals surface area contributed by atoms with E-state index in [1.165, 1.54) is 0 Å². The van der Waals surface area contributed by atoms with E-state index >= 15 is 0 Å². The van der Waals surface area contributed by atoms with E-state index in [2.05, 4.69) is 14.7 Å². The highest BCUT2D eigenvalue weighted by Crippen LogP contribution is 2.01. The quantitative estimate of drug-likeness (QED) is 0.165. The maximum atomic E-state index is 9.18. The molecule has 0 aliphatic carbocycles. The monoisotopic (exact) mass is 393 g/mol. The van der Waals surface area contributed by atoms with E-state index < -0.39 is 0 Å². The summed E-state index contributed by atoms with van der Waals surface area (Å²) in [5, 5.41) is 45.4. The minimum Gasteiger partial charge on any atom is -0.396 e. The topological polar surface area (TPSA) is 111 Å². The van der Waals surface area contributed by atoms with Crippen molar-refractivity contribution in [3.8, 4) is 0 Å². The highest BCUT2D eigenvalue weighted by Gasteiger charge is 2.12. The van der Waals surface area contributed by atoms with Crippen molar-refractivity contribution in [2.45, 2.75) is 32.1 Å². The summed E-state index contributed by atoms with van der Waals surface area (Å²) in [5.41, 5.74) is 0. The van der Waals surface area contributed by atoms with Crippen LogP contribution in [0.5, 0.6) is 0 Å². The van der Waals surface area contributed by atoms with Gasteiger partial charge < -0.3 is 40.2 Å². The lowest BCUT2D eigenvalue weighted by molar-refractivity contribution is 0.145. The standard InChI is InChI=1S/C19H43N3O5/c23-15-1-6-20(7-2-16-24)11-13-22(10-5-19-27)14-12-21(8-3-17-25)9-4-18-26/h23-27H,1-19H2. The van der Waals surface area contributed by atoms with Gasteiger partial charge in [0.1, 0.15) is 0 Å². The fourth-order valence-electron chi connectivity index (χ4n) is 3.04. The van der Waals surface area contributed by atoms with Gasteiger partial charge >= 0.3 is 0 Å². The molecule has 0 aromatic rings. The predicted molar refractivity (Wildman–Crippen MR) is 108 cm³/mol. The fourth-order valence-corrected chi connectivity index (χ4v) is 3.04. The molecule has 0 fully saturated rings. The Hall–Kier alpha value is -0.320. The molecule has 0 spiro atoms. The summed E-state index contributed by atoms with van der Waals surface area (Å²) in [4.78, 5) is 6.88. The van der Waals surface area contributed by atoms with Gasteiger partial charge in [0.2, 0.25) is 0 Å². The largest absolute Gasteiger partial charge is 0.396 e. The maximum absolute atomic E-state index is 9.18. The van der Waals surface area contributed by atoms with Crippen LogP contribution in [0.1, 0.15) is 32.1 Å². The van der Waals surface area contributed by atoms with Crippen molar-refractivity contribution in [2.75, 3.05) is 91.9 Å². The lowest BCUT2D eigenvalue weighted by Gasteiger charge is -2.30. The molecule has 0 aliphatic heterocycles. The van der Waals surface area contributed by atoms with Gasteiger partial charge in [-0.15, -0.1) is 0 Å². The van der Waals surface area contributed by atoms with E-state index in [0.29, 0.717) is 0 Å². The Morgan fingerprint density at radius 3 is 0.667 bits per heavy atom. The molecule has 8 nitrogen and oxygen atoms in total. The molecule has 164 valence electrons. The van der Waals surface area contributed by atoms with Gasteiger partial charge in [-0.25, -0.2) is 0 Å². The van der Waals surface area contributed by atoms with Crippen molar-refractivity contribution >= 4 is 0 Å². The molecule has 0 bridgehead atoms. The lowest BCUT2D eigenvalue weighted by Crippen LogP contribution is -2.41. The zero-order valence-electron chi connectivity index (χ0n) is 17.0. The molecule has 0 saturated heterocycles. The minimum atomic E-state index is 0.175. The molecule has 0 heterocycles. The first-order valence-electron chi connectivity index (χ1n) is 10.4. The van der Waals surface area contributed by atoms with Crippen LogP contribution in [0.4, 0.5) is 0 Å². The molecule has 0 radical (unpaired) electrons.